The molecule has 0 saturated carbocycles. The van der Waals surface area contributed by atoms with E-state index in [-0.39, 0.29) is 37.3 Å². The van der Waals surface area contributed by atoms with Crippen LogP contribution in [-0.4, -0.2) is 64.0 Å². The van der Waals surface area contributed by atoms with Crippen LogP contribution in [0.2, 0.25) is 0 Å². The molecule has 4 N–H and O–H groups in total. The molecule has 1 aromatic heterocycles. The number of aliphatic hydroxyl groups is 3. The Balaban J connectivity index is 0.00000168. The molecule has 188 valence electrons. The number of H-pyrrole nitrogens is 1. The number of alkyl halides is 3. The highest BCUT2D eigenvalue weighted by Gasteiger charge is 2.39. The van der Waals surface area contributed by atoms with Crippen LogP contribution in [0.4, 0.5) is 13.2 Å². The van der Waals surface area contributed by atoms with Crippen molar-refractivity contribution < 1.29 is 38.0 Å². The van der Waals surface area contributed by atoms with Gasteiger partial charge in [-0.3, -0.25) is 5.10 Å². The third-order valence-electron chi connectivity index (χ3n) is 4.44. The van der Waals surface area contributed by atoms with Crippen molar-refractivity contribution in [2.45, 2.75) is 48.8 Å². The number of benzene rings is 1. The number of thioether (sulfide) groups is 1. The lowest BCUT2D eigenvalue weighted by Crippen LogP contribution is -2.40. The molecule has 1 aromatic carbocycles. The molecule has 11 heteroatoms. The van der Waals surface area contributed by atoms with Gasteiger partial charge >= 0.3 is 6.18 Å². The molecule has 0 unspecified atom stereocenters. The van der Waals surface area contributed by atoms with Crippen LogP contribution in [0.25, 0.3) is 0 Å². The Morgan fingerprint density at radius 1 is 1.15 bits per heavy atom. The van der Waals surface area contributed by atoms with Crippen LogP contribution >= 0.6 is 11.8 Å². The van der Waals surface area contributed by atoms with Gasteiger partial charge < -0.3 is 24.8 Å². The monoisotopic (exact) mass is 502 g/mol. The average molecular weight is 503 g/mol. The molecular weight excluding hydrogens is 473 g/mol. The van der Waals surface area contributed by atoms with E-state index in [9.17, 15) is 23.4 Å². The van der Waals surface area contributed by atoms with E-state index >= 15 is 0 Å². The lowest BCUT2D eigenvalue weighted by molar-refractivity contribution is -0.186. The van der Waals surface area contributed by atoms with Crippen molar-refractivity contribution in [2.24, 2.45) is 0 Å². The summed E-state index contributed by atoms with van der Waals surface area (Å²) in [7, 11) is 1.00. The summed E-state index contributed by atoms with van der Waals surface area (Å²) in [5.41, 5.74) is -0.437. The minimum absolute atomic E-state index is 0.0337. The summed E-state index contributed by atoms with van der Waals surface area (Å²) >= 11 is 1.54. The van der Waals surface area contributed by atoms with Crippen LogP contribution < -0.4 is 4.74 Å². The Morgan fingerprint density at radius 2 is 1.74 bits per heavy atom. The number of hydrogen-bond acceptors (Lipinski definition) is 7. The van der Waals surface area contributed by atoms with Crippen molar-refractivity contribution in [3.05, 3.63) is 41.1 Å². The molecule has 0 bridgehead atoms. The molecule has 0 amide bonds. The fourth-order valence-electron chi connectivity index (χ4n) is 3.06. The summed E-state index contributed by atoms with van der Waals surface area (Å²) in [6.07, 6.45) is 11.2. The molecule has 2 aromatic rings. The van der Waals surface area contributed by atoms with Crippen LogP contribution in [-0.2, 0) is 17.3 Å². The number of nitrogens with one attached hydrogen (secondary N) is 1. The standard InChI is InChI=1S/C18H21F3N2O4S.2C2H2.CH4O/c1-28-13-4-2-10(3-5-13)6-14-16(18(19,20)21)22-23-17(14)27-15-8-11(25)7-12(9-24)26-15;3*1-2/h2-5,11-12,15,24-25H,6-9H2,1H3,(H,22,23);2*1-2H;2H,1H3/t11-,12-,15-;;;/m0.../s1. The first kappa shape index (κ1) is 31.3. The van der Waals surface area contributed by atoms with E-state index < -0.39 is 30.4 Å². The van der Waals surface area contributed by atoms with E-state index in [2.05, 4.69) is 30.8 Å². The summed E-state index contributed by atoms with van der Waals surface area (Å²) in [5, 5.41) is 31.8. The summed E-state index contributed by atoms with van der Waals surface area (Å²) in [5.74, 6) is -0.225. The molecule has 1 saturated heterocycles. The number of rotatable bonds is 6. The van der Waals surface area contributed by atoms with Gasteiger partial charge in [-0.15, -0.1) is 42.6 Å². The molecular formula is C23H29F3N2O5S. The lowest BCUT2D eigenvalue weighted by atomic mass is 10.0. The van der Waals surface area contributed by atoms with Gasteiger partial charge in [-0.25, -0.2) is 0 Å². The summed E-state index contributed by atoms with van der Waals surface area (Å²) < 4.78 is 51.2. The second kappa shape index (κ2) is 16.0. The Labute approximate surface area is 201 Å². The van der Waals surface area contributed by atoms with Gasteiger partial charge in [-0.2, -0.15) is 13.2 Å². The first-order valence-electron chi connectivity index (χ1n) is 9.80. The summed E-state index contributed by atoms with van der Waals surface area (Å²) in [4.78, 5) is 1.00. The van der Waals surface area contributed by atoms with Crippen LogP contribution in [0.3, 0.4) is 0 Å². The van der Waals surface area contributed by atoms with Gasteiger partial charge in [0.15, 0.2) is 0 Å². The van der Waals surface area contributed by atoms with Gasteiger partial charge in [0.1, 0.15) is 5.69 Å². The largest absolute Gasteiger partial charge is 0.446 e. The molecule has 1 fully saturated rings. The van der Waals surface area contributed by atoms with Gasteiger partial charge in [0.05, 0.1) is 24.4 Å². The second-order valence-electron chi connectivity index (χ2n) is 6.52. The number of ether oxygens (including phenoxy) is 2. The molecule has 0 radical (unpaired) electrons. The van der Waals surface area contributed by atoms with Crippen molar-refractivity contribution in [3.63, 3.8) is 0 Å². The highest BCUT2D eigenvalue weighted by Crippen LogP contribution is 2.36. The van der Waals surface area contributed by atoms with Gasteiger partial charge in [0, 0.05) is 31.3 Å². The zero-order valence-corrected chi connectivity index (χ0v) is 19.6. The van der Waals surface area contributed by atoms with E-state index in [4.69, 9.17) is 14.6 Å². The van der Waals surface area contributed by atoms with Crippen molar-refractivity contribution >= 4 is 11.8 Å². The zero-order valence-electron chi connectivity index (χ0n) is 18.8. The Kier molecular flexibility index (Phi) is 14.8. The normalized spacial score (nSPS) is 19.2. The summed E-state index contributed by atoms with van der Waals surface area (Å²) in [6.45, 7) is -0.320. The second-order valence-corrected chi connectivity index (χ2v) is 7.40. The third kappa shape index (κ3) is 9.29. The fourth-order valence-corrected chi connectivity index (χ4v) is 3.47. The van der Waals surface area contributed by atoms with Crippen LogP contribution in [0, 0.1) is 25.7 Å². The van der Waals surface area contributed by atoms with Crippen molar-refractivity contribution in [2.75, 3.05) is 20.0 Å². The van der Waals surface area contributed by atoms with E-state index in [1.165, 1.54) is 11.8 Å². The molecule has 34 heavy (non-hydrogen) atoms. The maximum Gasteiger partial charge on any atom is 0.433 e. The molecule has 2 heterocycles. The minimum atomic E-state index is -4.62. The summed E-state index contributed by atoms with van der Waals surface area (Å²) in [6, 6.07) is 7.18. The predicted molar refractivity (Wildman–Crippen MR) is 124 cm³/mol. The number of halogens is 3. The SMILES string of the molecule is C#C.C#C.CO.CSc1ccc(Cc2c(O[C@H]3C[C@@H](O)C[C@@H](CO)O3)n[nH]c2C(F)(F)F)cc1. The highest BCUT2D eigenvalue weighted by molar-refractivity contribution is 7.98. The van der Waals surface area contributed by atoms with Crippen molar-refractivity contribution in [1.29, 1.82) is 0 Å². The average Bonchev–Trinajstić information content (AvgIpc) is 3.25. The van der Waals surface area contributed by atoms with Gasteiger partial charge in [0.2, 0.25) is 12.2 Å². The molecule has 1 aliphatic heterocycles. The molecule has 1 aliphatic rings. The number of aromatic nitrogens is 2. The number of aromatic amines is 1. The molecule has 0 aliphatic carbocycles. The Morgan fingerprint density at radius 3 is 2.24 bits per heavy atom. The van der Waals surface area contributed by atoms with Gasteiger partial charge in [-0.1, -0.05) is 12.1 Å². The van der Waals surface area contributed by atoms with E-state index in [0.29, 0.717) is 5.56 Å². The van der Waals surface area contributed by atoms with E-state index in [0.717, 1.165) is 12.0 Å². The smallest absolute Gasteiger partial charge is 0.433 e. The third-order valence-corrected chi connectivity index (χ3v) is 5.19. The number of nitrogens with zero attached hydrogens (tertiary/aromatic N) is 1. The van der Waals surface area contributed by atoms with Crippen molar-refractivity contribution in [3.8, 4) is 31.6 Å². The number of aliphatic hydroxyl groups excluding tert-OH is 3. The quantitative estimate of drug-likeness (QED) is 0.355. The predicted octanol–water partition coefficient (Wildman–Crippen LogP) is 3.09. The van der Waals surface area contributed by atoms with E-state index in [1.807, 2.05) is 23.5 Å². The molecule has 3 atom stereocenters. The van der Waals surface area contributed by atoms with Gasteiger partial charge in [-0.05, 0) is 24.0 Å². The van der Waals surface area contributed by atoms with Gasteiger partial charge in [0.25, 0.3) is 0 Å². The van der Waals surface area contributed by atoms with Crippen LogP contribution in [0.1, 0.15) is 29.7 Å². The first-order valence-corrected chi connectivity index (χ1v) is 11.0. The maximum atomic E-state index is 13.4. The lowest BCUT2D eigenvalue weighted by Gasteiger charge is -2.31. The number of terminal acetylenes is 2. The van der Waals surface area contributed by atoms with Crippen molar-refractivity contribution in [1.82, 2.24) is 10.2 Å². The molecule has 3 rings (SSSR count). The topological polar surface area (TPSA) is 108 Å². The number of hydrogen-bond donors (Lipinski definition) is 4. The maximum absolute atomic E-state index is 13.4. The molecule has 0 spiro atoms. The first-order chi connectivity index (χ1) is 16.3. The van der Waals surface area contributed by atoms with E-state index in [1.54, 1.807) is 12.1 Å². The van der Waals surface area contributed by atoms with Crippen LogP contribution in [0.5, 0.6) is 5.88 Å². The highest BCUT2D eigenvalue weighted by atomic mass is 32.2. The Hall–Kier alpha value is -2.67. The zero-order chi connectivity index (χ0) is 26.3. The Bertz CT molecular complexity index is 863. The van der Waals surface area contributed by atoms with Crippen LogP contribution in [0.15, 0.2) is 29.2 Å². The molecule has 7 nitrogen and oxygen atoms in total. The minimum Gasteiger partial charge on any atom is -0.446 e. The fraction of sp³-hybridized carbons (Fsp3) is 0.435.